The first-order chi connectivity index (χ1) is 21.1. The molecular formula is C37H56N4O2. The van der Waals surface area contributed by atoms with Crippen LogP contribution in [0.5, 0.6) is 0 Å². The van der Waals surface area contributed by atoms with Crippen LogP contribution in [-0.2, 0) is 5.41 Å². The van der Waals surface area contributed by atoms with Crippen molar-refractivity contribution in [2.75, 3.05) is 6.54 Å². The SMILES string of the molecule is CCCCCCCCCCCCCCCCNC(=O)NNC(=O)c1cc(C23CC4CC(CC(C4)C2)C3)c2ccccc2n1. The first-order valence-corrected chi connectivity index (χ1v) is 17.8. The van der Waals surface area contributed by atoms with Gasteiger partial charge in [-0.05, 0) is 85.8 Å². The van der Waals surface area contributed by atoms with Crippen LogP contribution in [-0.4, -0.2) is 23.5 Å². The number of para-hydroxylation sites is 1. The average Bonchev–Trinajstić information content (AvgIpc) is 3.00. The van der Waals surface area contributed by atoms with Crippen molar-refractivity contribution in [3.8, 4) is 0 Å². The summed E-state index contributed by atoms with van der Waals surface area (Å²) in [5.74, 6) is 2.10. The summed E-state index contributed by atoms with van der Waals surface area (Å²) < 4.78 is 0. The molecule has 43 heavy (non-hydrogen) atoms. The second kappa shape index (κ2) is 15.9. The molecule has 6 heteroatoms. The number of unbranched alkanes of at least 4 members (excludes halogenated alkanes) is 13. The van der Waals surface area contributed by atoms with Gasteiger partial charge >= 0.3 is 6.03 Å². The van der Waals surface area contributed by atoms with E-state index in [9.17, 15) is 9.59 Å². The molecule has 0 radical (unpaired) electrons. The van der Waals surface area contributed by atoms with E-state index >= 15 is 0 Å². The van der Waals surface area contributed by atoms with Gasteiger partial charge in [-0.15, -0.1) is 0 Å². The zero-order valence-electron chi connectivity index (χ0n) is 26.7. The minimum absolute atomic E-state index is 0.157. The maximum Gasteiger partial charge on any atom is 0.333 e. The van der Waals surface area contributed by atoms with E-state index in [2.05, 4.69) is 35.2 Å². The van der Waals surface area contributed by atoms with Crippen molar-refractivity contribution in [2.24, 2.45) is 17.8 Å². The van der Waals surface area contributed by atoms with Gasteiger partial charge in [-0.25, -0.2) is 15.2 Å². The number of hydrazine groups is 1. The van der Waals surface area contributed by atoms with Crippen LogP contribution in [0.2, 0.25) is 0 Å². The van der Waals surface area contributed by atoms with Crippen LogP contribution in [0, 0.1) is 17.8 Å². The van der Waals surface area contributed by atoms with E-state index in [1.807, 2.05) is 18.2 Å². The highest BCUT2D eigenvalue weighted by Crippen LogP contribution is 2.61. The molecular weight excluding hydrogens is 532 g/mol. The van der Waals surface area contributed by atoms with Gasteiger partial charge in [-0.1, -0.05) is 109 Å². The number of hydrogen-bond acceptors (Lipinski definition) is 3. The summed E-state index contributed by atoms with van der Waals surface area (Å²) in [6.45, 7) is 2.89. The predicted molar refractivity (Wildman–Crippen MR) is 176 cm³/mol. The Labute approximate surface area is 259 Å². The maximum absolute atomic E-state index is 13.2. The molecule has 6 nitrogen and oxygen atoms in total. The molecule has 0 atom stereocenters. The lowest BCUT2D eigenvalue weighted by molar-refractivity contribution is -0.00454. The fraction of sp³-hybridized carbons (Fsp3) is 0.703. The molecule has 1 heterocycles. The number of rotatable bonds is 17. The minimum Gasteiger partial charge on any atom is -0.337 e. The minimum atomic E-state index is -0.370. The number of benzene rings is 1. The lowest BCUT2D eigenvalue weighted by Gasteiger charge is -2.57. The first kappa shape index (κ1) is 31.8. The van der Waals surface area contributed by atoms with Crippen molar-refractivity contribution in [2.45, 2.75) is 141 Å². The number of pyridine rings is 1. The average molecular weight is 589 g/mol. The third kappa shape index (κ3) is 8.73. The normalized spacial score (nSPS) is 23.9. The molecule has 4 saturated carbocycles. The predicted octanol–water partition coefficient (Wildman–Crippen LogP) is 9.13. The summed E-state index contributed by atoms with van der Waals surface area (Å²) in [6.07, 6.45) is 26.2. The Morgan fingerprint density at radius 2 is 1.28 bits per heavy atom. The molecule has 4 aliphatic carbocycles. The first-order valence-electron chi connectivity index (χ1n) is 17.8. The lowest BCUT2D eigenvalue weighted by atomic mass is 9.48. The van der Waals surface area contributed by atoms with Crippen LogP contribution < -0.4 is 16.2 Å². The fourth-order valence-corrected chi connectivity index (χ4v) is 8.91. The second-order valence-electron chi connectivity index (χ2n) is 14.2. The summed E-state index contributed by atoms with van der Waals surface area (Å²) in [7, 11) is 0. The van der Waals surface area contributed by atoms with Crippen LogP contribution in [0.1, 0.15) is 151 Å². The molecule has 4 fully saturated rings. The molecule has 0 spiro atoms. The number of carbonyl (C=O) groups excluding carboxylic acids is 2. The van der Waals surface area contributed by atoms with Crippen LogP contribution in [0.4, 0.5) is 4.79 Å². The summed E-state index contributed by atoms with van der Waals surface area (Å²) >= 11 is 0. The Balaban J connectivity index is 0.992. The third-order valence-corrected chi connectivity index (χ3v) is 10.7. The van der Waals surface area contributed by atoms with Crippen molar-refractivity contribution < 1.29 is 9.59 Å². The van der Waals surface area contributed by atoms with E-state index in [1.165, 1.54) is 127 Å². The Morgan fingerprint density at radius 1 is 0.744 bits per heavy atom. The summed E-state index contributed by atoms with van der Waals surface area (Å²) in [6, 6.07) is 9.90. The number of urea groups is 1. The van der Waals surface area contributed by atoms with Crippen molar-refractivity contribution >= 4 is 22.8 Å². The number of hydrogen-bond donors (Lipinski definition) is 3. The highest BCUT2D eigenvalue weighted by molar-refractivity contribution is 5.97. The van der Waals surface area contributed by atoms with Gasteiger partial charge in [-0.2, -0.15) is 0 Å². The van der Waals surface area contributed by atoms with Crippen molar-refractivity contribution in [1.82, 2.24) is 21.2 Å². The lowest BCUT2D eigenvalue weighted by Crippen LogP contribution is -2.49. The molecule has 6 rings (SSSR count). The number of amides is 3. The zero-order chi connectivity index (χ0) is 29.9. The molecule has 4 aliphatic rings. The monoisotopic (exact) mass is 588 g/mol. The number of nitrogens with one attached hydrogen (secondary N) is 3. The molecule has 1 aromatic carbocycles. The Bertz CT molecular complexity index is 1160. The van der Waals surface area contributed by atoms with Crippen LogP contribution in [0.3, 0.4) is 0 Å². The summed E-state index contributed by atoms with van der Waals surface area (Å²) in [5, 5.41) is 4.06. The fourth-order valence-electron chi connectivity index (χ4n) is 8.91. The van der Waals surface area contributed by atoms with Gasteiger partial charge in [0.2, 0.25) is 0 Å². The van der Waals surface area contributed by atoms with E-state index in [-0.39, 0.29) is 17.4 Å². The number of nitrogens with zero attached hydrogens (tertiary/aromatic N) is 1. The van der Waals surface area contributed by atoms with Crippen molar-refractivity contribution in [1.29, 1.82) is 0 Å². The highest BCUT2D eigenvalue weighted by atomic mass is 16.2. The molecule has 2 aromatic rings. The van der Waals surface area contributed by atoms with Gasteiger partial charge in [-0.3, -0.25) is 10.2 Å². The van der Waals surface area contributed by atoms with Gasteiger partial charge in [0.05, 0.1) is 5.52 Å². The van der Waals surface area contributed by atoms with Crippen molar-refractivity contribution in [3.63, 3.8) is 0 Å². The Morgan fingerprint density at radius 3 is 1.86 bits per heavy atom. The van der Waals surface area contributed by atoms with Crippen LogP contribution in [0.25, 0.3) is 10.9 Å². The topological polar surface area (TPSA) is 83.1 Å². The number of carbonyl (C=O) groups is 2. The molecule has 0 unspecified atom stereocenters. The van der Waals surface area contributed by atoms with Gasteiger partial charge in [0.25, 0.3) is 5.91 Å². The second-order valence-corrected chi connectivity index (χ2v) is 14.2. The largest absolute Gasteiger partial charge is 0.337 e. The maximum atomic E-state index is 13.2. The van der Waals surface area contributed by atoms with Crippen molar-refractivity contribution in [3.05, 3.63) is 41.6 Å². The van der Waals surface area contributed by atoms with E-state index in [4.69, 9.17) is 4.98 Å². The molecule has 4 bridgehead atoms. The smallest absolute Gasteiger partial charge is 0.333 e. The number of fused-ring (bicyclic) bond motifs is 1. The summed E-state index contributed by atoms with van der Waals surface area (Å²) in [5.41, 5.74) is 7.85. The van der Waals surface area contributed by atoms with E-state index in [0.717, 1.165) is 36.1 Å². The molecule has 236 valence electrons. The van der Waals surface area contributed by atoms with Gasteiger partial charge in [0, 0.05) is 11.9 Å². The van der Waals surface area contributed by atoms with Gasteiger partial charge < -0.3 is 5.32 Å². The van der Waals surface area contributed by atoms with Gasteiger partial charge in [0.15, 0.2) is 0 Å². The van der Waals surface area contributed by atoms with Crippen LogP contribution >= 0.6 is 0 Å². The summed E-state index contributed by atoms with van der Waals surface area (Å²) in [4.78, 5) is 30.2. The van der Waals surface area contributed by atoms with E-state index < -0.39 is 0 Å². The van der Waals surface area contributed by atoms with Gasteiger partial charge in [0.1, 0.15) is 5.69 Å². The van der Waals surface area contributed by atoms with E-state index in [1.54, 1.807) is 0 Å². The standard InChI is InChI=1S/C37H56N4O2/c1-2-3-4-5-6-7-8-9-10-11-12-13-14-17-20-38-36(43)41-40-35(42)34-24-32(31-18-15-16-19-33(31)39-34)37-25-28-21-29(26-37)23-30(22-28)27-37/h15-16,18-19,24,28-30H,2-14,17,20-23,25-27H2,1H3,(H,40,42)(H2,38,41,43). The Hall–Kier alpha value is -2.63. The molecule has 1 aromatic heterocycles. The quantitative estimate of drug-likeness (QED) is 0.127. The van der Waals surface area contributed by atoms with E-state index in [0.29, 0.717) is 12.2 Å². The molecule has 3 N–H and O–H groups in total. The molecule has 0 aliphatic heterocycles. The molecule has 3 amide bonds. The Kier molecular flexibility index (Phi) is 11.8. The highest BCUT2D eigenvalue weighted by Gasteiger charge is 2.52. The number of aromatic nitrogens is 1. The molecule has 0 saturated heterocycles. The van der Waals surface area contributed by atoms with Crippen LogP contribution in [0.15, 0.2) is 30.3 Å². The third-order valence-electron chi connectivity index (χ3n) is 10.7. The zero-order valence-corrected chi connectivity index (χ0v) is 26.7.